The summed E-state index contributed by atoms with van der Waals surface area (Å²) >= 11 is 0. The third kappa shape index (κ3) is 3.48. The highest BCUT2D eigenvalue weighted by Crippen LogP contribution is 2.49. The summed E-state index contributed by atoms with van der Waals surface area (Å²) in [6, 6.07) is 0.420. The second-order valence-corrected chi connectivity index (χ2v) is 5.71. The van der Waals surface area contributed by atoms with Crippen LogP contribution in [0.25, 0.3) is 0 Å². The average molecular weight is 211 g/mol. The summed E-state index contributed by atoms with van der Waals surface area (Å²) < 4.78 is 0. The number of rotatable bonds is 7. The van der Waals surface area contributed by atoms with Crippen LogP contribution in [0.5, 0.6) is 0 Å². The van der Waals surface area contributed by atoms with Crippen LogP contribution in [-0.2, 0) is 0 Å². The Morgan fingerprint density at radius 3 is 2.33 bits per heavy atom. The first kappa shape index (κ1) is 13.0. The Labute approximate surface area is 95.8 Å². The first-order chi connectivity index (χ1) is 7.13. The molecule has 0 saturated heterocycles. The molecule has 0 radical (unpaired) electrons. The van der Waals surface area contributed by atoms with Crippen LogP contribution in [0.15, 0.2) is 0 Å². The van der Waals surface area contributed by atoms with Crippen LogP contribution in [0.4, 0.5) is 0 Å². The SMILES string of the molecule is CCCCC1(CC(C)C(N)CC)CCC1. The second kappa shape index (κ2) is 5.89. The van der Waals surface area contributed by atoms with E-state index in [0.29, 0.717) is 17.4 Å². The lowest BCUT2D eigenvalue weighted by Gasteiger charge is -2.45. The predicted octanol–water partition coefficient (Wildman–Crippen LogP) is 4.11. The highest BCUT2D eigenvalue weighted by atomic mass is 14.6. The molecule has 1 nitrogen and oxygen atoms in total. The Morgan fingerprint density at radius 2 is 1.93 bits per heavy atom. The topological polar surface area (TPSA) is 26.0 Å². The molecule has 90 valence electrons. The fourth-order valence-electron chi connectivity index (χ4n) is 3.02. The maximum atomic E-state index is 6.13. The number of hydrogen-bond donors (Lipinski definition) is 1. The van der Waals surface area contributed by atoms with E-state index in [4.69, 9.17) is 5.73 Å². The maximum absolute atomic E-state index is 6.13. The Hall–Kier alpha value is -0.0400. The van der Waals surface area contributed by atoms with E-state index in [1.807, 2.05) is 0 Å². The summed E-state index contributed by atoms with van der Waals surface area (Å²) in [4.78, 5) is 0. The highest BCUT2D eigenvalue weighted by Gasteiger charge is 2.37. The second-order valence-electron chi connectivity index (χ2n) is 5.71. The van der Waals surface area contributed by atoms with E-state index in [2.05, 4.69) is 20.8 Å². The van der Waals surface area contributed by atoms with Gasteiger partial charge in [-0.05, 0) is 43.4 Å². The number of unbranched alkanes of at least 4 members (excludes halogenated alkanes) is 1. The van der Waals surface area contributed by atoms with Crippen molar-refractivity contribution < 1.29 is 0 Å². The summed E-state index contributed by atoms with van der Waals surface area (Å²) in [5.74, 6) is 0.715. The normalized spacial score (nSPS) is 23.2. The Balaban J connectivity index is 2.38. The van der Waals surface area contributed by atoms with Gasteiger partial charge in [0.2, 0.25) is 0 Å². The first-order valence-electron chi connectivity index (χ1n) is 6.89. The smallest absolute Gasteiger partial charge is 0.00621 e. The maximum Gasteiger partial charge on any atom is 0.00621 e. The highest BCUT2D eigenvalue weighted by molar-refractivity contribution is 4.90. The minimum Gasteiger partial charge on any atom is -0.327 e. The fourth-order valence-corrected chi connectivity index (χ4v) is 3.02. The van der Waals surface area contributed by atoms with Crippen molar-refractivity contribution >= 4 is 0 Å². The van der Waals surface area contributed by atoms with Crippen molar-refractivity contribution in [3.8, 4) is 0 Å². The molecule has 1 saturated carbocycles. The van der Waals surface area contributed by atoms with Crippen LogP contribution in [0.1, 0.15) is 72.1 Å². The van der Waals surface area contributed by atoms with Crippen molar-refractivity contribution in [2.45, 2.75) is 78.2 Å². The van der Waals surface area contributed by atoms with E-state index in [9.17, 15) is 0 Å². The van der Waals surface area contributed by atoms with Crippen molar-refractivity contribution in [3.05, 3.63) is 0 Å². The molecule has 0 aromatic rings. The van der Waals surface area contributed by atoms with Gasteiger partial charge in [-0.2, -0.15) is 0 Å². The molecular formula is C14H29N. The van der Waals surface area contributed by atoms with Crippen LogP contribution in [0.3, 0.4) is 0 Å². The monoisotopic (exact) mass is 211 g/mol. The third-order valence-electron chi connectivity index (χ3n) is 4.43. The molecule has 0 spiro atoms. The molecule has 0 heterocycles. The standard InChI is InChI=1S/C14H29N/c1-4-6-8-14(9-7-10-14)11-12(3)13(15)5-2/h12-13H,4-11,15H2,1-3H3. The molecule has 1 heteroatoms. The van der Waals surface area contributed by atoms with Gasteiger partial charge in [0.05, 0.1) is 0 Å². The molecule has 2 N–H and O–H groups in total. The molecule has 1 aliphatic carbocycles. The summed E-state index contributed by atoms with van der Waals surface area (Å²) in [7, 11) is 0. The molecule has 2 atom stereocenters. The van der Waals surface area contributed by atoms with Crippen LogP contribution in [0.2, 0.25) is 0 Å². The Kier molecular flexibility index (Phi) is 5.11. The number of hydrogen-bond acceptors (Lipinski definition) is 1. The van der Waals surface area contributed by atoms with Crippen LogP contribution in [0, 0.1) is 11.3 Å². The minimum absolute atomic E-state index is 0.420. The zero-order chi connectivity index (χ0) is 11.3. The van der Waals surface area contributed by atoms with Gasteiger partial charge < -0.3 is 5.73 Å². The molecule has 0 aliphatic heterocycles. The molecule has 1 rings (SSSR count). The van der Waals surface area contributed by atoms with Gasteiger partial charge >= 0.3 is 0 Å². The molecule has 1 fully saturated rings. The van der Waals surface area contributed by atoms with Crippen molar-refractivity contribution in [2.24, 2.45) is 17.1 Å². The summed E-state index contributed by atoms with van der Waals surface area (Å²) in [5.41, 5.74) is 6.83. The van der Waals surface area contributed by atoms with E-state index in [-0.39, 0.29) is 0 Å². The lowest BCUT2D eigenvalue weighted by molar-refractivity contribution is 0.0755. The van der Waals surface area contributed by atoms with Gasteiger partial charge in [0.15, 0.2) is 0 Å². The van der Waals surface area contributed by atoms with Crippen molar-refractivity contribution in [1.82, 2.24) is 0 Å². The van der Waals surface area contributed by atoms with Crippen LogP contribution in [-0.4, -0.2) is 6.04 Å². The van der Waals surface area contributed by atoms with Gasteiger partial charge in [0, 0.05) is 6.04 Å². The lowest BCUT2D eigenvalue weighted by atomic mass is 9.61. The lowest BCUT2D eigenvalue weighted by Crippen LogP contribution is -2.37. The summed E-state index contributed by atoms with van der Waals surface area (Å²) in [6.07, 6.45) is 11.1. The van der Waals surface area contributed by atoms with Crippen LogP contribution >= 0.6 is 0 Å². The Bertz CT molecular complexity index is 172. The van der Waals surface area contributed by atoms with E-state index in [0.717, 1.165) is 6.42 Å². The molecule has 2 unspecified atom stereocenters. The van der Waals surface area contributed by atoms with E-state index in [1.165, 1.54) is 44.9 Å². The quantitative estimate of drug-likeness (QED) is 0.674. The average Bonchev–Trinajstić information content (AvgIpc) is 2.20. The van der Waals surface area contributed by atoms with Gasteiger partial charge in [-0.3, -0.25) is 0 Å². The van der Waals surface area contributed by atoms with E-state index >= 15 is 0 Å². The summed E-state index contributed by atoms with van der Waals surface area (Å²) in [6.45, 7) is 6.86. The number of nitrogens with two attached hydrogens (primary N) is 1. The first-order valence-corrected chi connectivity index (χ1v) is 6.89. The van der Waals surface area contributed by atoms with E-state index in [1.54, 1.807) is 0 Å². The zero-order valence-corrected chi connectivity index (χ0v) is 10.9. The molecular weight excluding hydrogens is 182 g/mol. The van der Waals surface area contributed by atoms with Crippen LogP contribution < -0.4 is 5.73 Å². The Morgan fingerprint density at radius 1 is 1.27 bits per heavy atom. The third-order valence-corrected chi connectivity index (χ3v) is 4.43. The molecule has 0 amide bonds. The summed E-state index contributed by atoms with van der Waals surface area (Å²) in [5, 5.41) is 0. The molecule has 15 heavy (non-hydrogen) atoms. The van der Waals surface area contributed by atoms with Gasteiger partial charge in [-0.1, -0.05) is 40.0 Å². The van der Waals surface area contributed by atoms with Gasteiger partial charge in [-0.25, -0.2) is 0 Å². The van der Waals surface area contributed by atoms with Gasteiger partial charge in [-0.15, -0.1) is 0 Å². The largest absolute Gasteiger partial charge is 0.327 e. The predicted molar refractivity (Wildman–Crippen MR) is 67.9 cm³/mol. The molecule has 0 aromatic carbocycles. The molecule has 0 bridgehead atoms. The van der Waals surface area contributed by atoms with Gasteiger partial charge in [0.25, 0.3) is 0 Å². The zero-order valence-electron chi connectivity index (χ0n) is 10.9. The van der Waals surface area contributed by atoms with Gasteiger partial charge in [0.1, 0.15) is 0 Å². The van der Waals surface area contributed by atoms with Crippen molar-refractivity contribution in [2.75, 3.05) is 0 Å². The molecule has 1 aliphatic rings. The van der Waals surface area contributed by atoms with Crippen molar-refractivity contribution in [3.63, 3.8) is 0 Å². The van der Waals surface area contributed by atoms with E-state index < -0.39 is 0 Å². The fraction of sp³-hybridized carbons (Fsp3) is 1.00. The molecule has 0 aromatic heterocycles. The minimum atomic E-state index is 0.420. The van der Waals surface area contributed by atoms with Crippen molar-refractivity contribution in [1.29, 1.82) is 0 Å².